The Kier molecular flexibility index (Phi) is 2.74. The molecule has 17 heavy (non-hydrogen) atoms. The number of hydrogen-bond donors (Lipinski definition) is 1. The maximum atomic E-state index is 11.9. The molecule has 0 aromatic heterocycles. The molecule has 1 aliphatic rings. The Bertz CT molecular complexity index is 419. The van der Waals surface area contributed by atoms with Gasteiger partial charge in [-0.05, 0) is 23.3 Å². The molecule has 0 radical (unpaired) electrons. The molecule has 92 valence electrons. The zero-order chi connectivity index (χ0) is 12.7. The van der Waals surface area contributed by atoms with Crippen molar-refractivity contribution in [2.24, 2.45) is 11.3 Å². The Morgan fingerprint density at radius 3 is 2.35 bits per heavy atom. The monoisotopic (exact) mass is 234 g/mol. The summed E-state index contributed by atoms with van der Waals surface area (Å²) in [5, 5.41) is 8.71. The number of carbonyl (C=O) groups is 1. The molecule has 3 heteroatoms. The smallest absolute Gasteiger partial charge is 0.300 e. The quantitative estimate of drug-likeness (QED) is 0.632. The summed E-state index contributed by atoms with van der Waals surface area (Å²) in [4.78, 5) is 15.9. The zero-order valence-electron chi connectivity index (χ0n) is 10.4. The van der Waals surface area contributed by atoms with Gasteiger partial charge in [0, 0.05) is 0 Å². The predicted molar refractivity (Wildman–Crippen MR) is 64.4 cm³/mol. The zero-order valence-corrected chi connectivity index (χ0v) is 10.4. The van der Waals surface area contributed by atoms with E-state index in [0.29, 0.717) is 0 Å². The summed E-state index contributed by atoms with van der Waals surface area (Å²) in [5.74, 6) is -0.333. The number of carbonyl (C=O) groups excluding carboxylic acids is 1. The van der Waals surface area contributed by atoms with Crippen LogP contribution in [0.3, 0.4) is 0 Å². The molecule has 3 nitrogen and oxygen atoms in total. The van der Waals surface area contributed by atoms with Crippen molar-refractivity contribution in [3.63, 3.8) is 0 Å². The minimum atomic E-state index is -0.658. The SMILES string of the molecule is CC(C)(C)C1CC1(C(=O)OO)c1ccccc1. The van der Waals surface area contributed by atoms with Gasteiger partial charge in [0.15, 0.2) is 0 Å². The molecular weight excluding hydrogens is 216 g/mol. The lowest BCUT2D eigenvalue weighted by molar-refractivity contribution is -0.238. The van der Waals surface area contributed by atoms with Crippen molar-refractivity contribution < 1.29 is 14.9 Å². The van der Waals surface area contributed by atoms with Crippen molar-refractivity contribution in [3.05, 3.63) is 35.9 Å². The predicted octanol–water partition coefficient (Wildman–Crippen LogP) is 3.01. The van der Waals surface area contributed by atoms with E-state index >= 15 is 0 Å². The molecule has 2 atom stereocenters. The van der Waals surface area contributed by atoms with Crippen LogP contribution in [0.2, 0.25) is 0 Å². The van der Waals surface area contributed by atoms with E-state index in [2.05, 4.69) is 25.7 Å². The number of rotatable bonds is 2. The highest BCUT2D eigenvalue weighted by molar-refractivity contribution is 5.87. The summed E-state index contributed by atoms with van der Waals surface area (Å²) in [5.41, 5.74) is 0.289. The first-order chi connectivity index (χ1) is 7.93. The van der Waals surface area contributed by atoms with Crippen LogP contribution in [0.25, 0.3) is 0 Å². The van der Waals surface area contributed by atoms with Crippen LogP contribution in [0.15, 0.2) is 30.3 Å². The summed E-state index contributed by atoms with van der Waals surface area (Å²) in [6.45, 7) is 6.31. The molecule has 0 saturated heterocycles. The summed E-state index contributed by atoms with van der Waals surface area (Å²) < 4.78 is 0. The summed E-state index contributed by atoms with van der Waals surface area (Å²) in [6.07, 6.45) is 0.736. The minimum absolute atomic E-state index is 0.0179. The van der Waals surface area contributed by atoms with Gasteiger partial charge in [-0.25, -0.2) is 4.79 Å². The van der Waals surface area contributed by atoms with E-state index in [1.807, 2.05) is 30.3 Å². The normalized spacial score (nSPS) is 27.6. The van der Waals surface area contributed by atoms with Crippen molar-refractivity contribution in [2.75, 3.05) is 0 Å². The van der Waals surface area contributed by atoms with Crippen LogP contribution in [0.1, 0.15) is 32.8 Å². The van der Waals surface area contributed by atoms with Gasteiger partial charge >= 0.3 is 5.97 Å². The molecule has 1 aromatic carbocycles. The van der Waals surface area contributed by atoms with E-state index in [-0.39, 0.29) is 11.3 Å². The first kappa shape index (κ1) is 12.1. The summed E-state index contributed by atoms with van der Waals surface area (Å²) in [6, 6.07) is 9.56. The molecule has 0 spiro atoms. The number of benzene rings is 1. The fourth-order valence-corrected chi connectivity index (χ4v) is 2.79. The van der Waals surface area contributed by atoms with E-state index in [1.54, 1.807) is 0 Å². The second-order valence-corrected chi connectivity index (χ2v) is 5.84. The van der Waals surface area contributed by atoms with Crippen LogP contribution < -0.4 is 0 Å². The van der Waals surface area contributed by atoms with Crippen molar-refractivity contribution in [2.45, 2.75) is 32.6 Å². The largest absolute Gasteiger partial charge is 0.352 e. The molecule has 1 aliphatic carbocycles. The minimum Gasteiger partial charge on any atom is -0.300 e. The van der Waals surface area contributed by atoms with Gasteiger partial charge in [0.05, 0.1) is 5.41 Å². The van der Waals surface area contributed by atoms with Gasteiger partial charge in [0.1, 0.15) is 0 Å². The van der Waals surface area contributed by atoms with E-state index in [4.69, 9.17) is 5.26 Å². The van der Waals surface area contributed by atoms with Crippen molar-refractivity contribution in [1.29, 1.82) is 0 Å². The van der Waals surface area contributed by atoms with Crippen molar-refractivity contribution in [3.8, 4) is 0 Å². The lowest BCUT2D eigenvalue weighted by Crippen LogP contribution is -2.28. The Hall–Kier alpha value is -1.35. The van der Waals surface area contributed by atoms with Crippen LogP contribution in [0, 0.1) is 11.3 Å². The third-order valence-electron chi connectivity index (χ3n) is 3.74. The molecule has 0 aliphatic heterocycles. The topological polar surface area (TPSA) is 46.5 Å². The van der Waals surface area contributed by atoms with Gasteiger partial charge < -0.3 is 4.89 Å². The van der Waals surface area contributed by atoms with Gasteiger partial charge in [0.25, 0.3) is 0 Å². The van der Waals surface area contributed by atoms with Gasteiger partial charge in [-0.15, -0.1) is 0 Å². The molecule has 1 N–H and O–H groups in total. The average molecular weight is 234 g/mol. The summed E-state index contributed by atoms with van der Waals surface area (Å²) >= 11 is 0. The van der Waals surface area contributed by atoms with Crippen molar-refractivity contribution in [1.82, 2.24) is 0 Å². The van der Waals surface area contributed by atoms with E-state index in [0.717, 1.165) is 12.0 Å². The van der Waals surface area contributed by atoms with Gasteiger partial charge in [-0.2, -0.15) is 5.26 Å². The van der Waals surface area contributed by atoms with Crippen LogP contribution >= 0.6 is 0 Å². The maximum absolute atomic E-state index is 11.9. The molecule has 1 aromatic rings. The van der Waals surface area contributed by atoms with Crippen molar-refractivity contribution >= 4 is 5.97 Å². The Labute approximate surface area is 101 Å². The lowest BCUT2D eigenvalue weighted by atomic mass is 9.81. The van der Waals surface area contributed by atoms with Crippen LogP contribution in [-0.2, 0) is 15.1 Å². The highest BCUT2D eigenvalue weighted by Crippen LogP contribution is 2.62. The van der Waals surface area contributed by atoms with E-state index < -0.39 is 11.4 Å². The van der Waals surface area contributed by atoms with Gasteiger partial charge in [-0.3, -0.25) is 0 Å². The molecule has 1 saturated carbocycles. The highest BCUT2D eigenvalue weighted by Gasteiger charge is 2.66. The maximum Gasteiger partial charge on any atom is 0.352 e. The Morgan fingerprint density at radius 1 is 1.35 bits per heavy atom. The molecule has 0 bridgehead atoms. The second kappa shape index (κ2) is 3.84. The van der Waals surface area contributed by atoms with Gasteiger partial charge in [-0.1, -0.05) is 51.1 Å². The fourth-order valence-electron chi connectivity index (χ4n) is 2.79. The lowest BCUT2D eigenvalue weighted by Gasteiger charge is -2.23. The molecule has 2 rings (SSSR count). The molecule has 0 amide bonds. The third-order valence-corrected chi connectivity index (χ3v) is 3.74. The Morgan fingerprint density at radius 2 is 1.94 bits per heavy atom. The standard InChI is InChI=1S/C14H18O3/c1-13(2,3)11-9-14(11,12(15)17-16)10-7-5-4-6-8-10/h4-8,11,16H,9H2,1-3H3. The van der Waals surface area contributed by atoms with Crippen LogP contribution in [0.4, 0.5) is 0 Å². The second-order valence-electron chi connectivity index (χ2n) is 5.84. The van der Waals surface area contributed by atoms with E-state index in [1.165, 1.54) is 0 Å². The molecule has 2 unspecified atom stereocenters. The fraction of sp³-hybridized carbons (Fsp3) is 0.500. The van der Waals surface area contributed by atoms with E-state index in [9.17, 15) is 4.79 Å². The molecular formula is C14H18O3. The Balaban J connectivity index is 2.40. The first-order valence-corrected chi connectivity index (χ1v) is 5.84. The first-order valence-electron chi connectivity index (χ1n) is 5.84. The molecule has 1 fully saturated rings. The average Bonchev–Trinajstić information content (AvgIpc) is 3.05. The number of hydrogen-bond acceptors (Lipinski definition) is 3. The summed E-state index contributed by atoms with van der Waals surface area (Å²) in [7, 11) is 0. The van der Waals surface area contributed by atoms with Crippen LogP contribution in [-0.4, -0.2) is 11.2 Å². The third kappa shape index (κ3) is 1.84. The van der Waals surface area contributed by atoms with Gasteiger partial charge in [0.2, 0.25) is 0 Å². The van der Waals surface area contributed by atoms with Crippen LogP contribution in [0.5, 0.6) is 0 Å². The molecule has 0 heterocycles. The highest BCUT2D eigenvalue weighted by atomic mass is 17.1.